The van der Waals surface area contributed by atoms with Crippen molar-refractivity contribution in [2.45, 2.75) is 31.3 Å². The Morgan fingerprint density at radius 3 is 2.43 bits per heavy atom. The molecule has 0 bridgehead atoms. The first-order valence-corrected chi connectivity index (χ1v) is 6.52. The van der Waals surface area contributed by atoms with Crippen LogP contribution in [0.2, 0.25) is 0 Å². The van der Waals surface area contributed by atoms with Crippen LogP contribution in [-0.4, -0.2) is 23.2 Å². The molecule has 0 spiro atoms. The van der Waals surface area contributed by atoms with Gasteiger partial charge in [-0.3, -0.25) is 0 Å². The Morgan fingerprint density at radius 2 is 2.07 bits per heavy atom. The van der Waals surface area contributed by atoms with Gasteiger partial charge in [-0.15, -0.1) is 10.2 Å². The molecule has 0 aliphatic rings. The highest BCUT2D eigenvalue weighted by atomic mass is 35.7. The molecule has 1 aromatic heterocycles. The first-order chi connectivity index (χ1) is 6.38. The third-order valence-corrected chi connectivity index (χ3v) is 3.35. The fourth-order valence-electron chi connectivity index (χ4n) is 1.15. The van der Waals surface area contributed by atoms with Crippen LogP contribution in [0.25, 0.3) is 0 Å². The van der Waals surface area contributed by atoms with Gasteiger partial charge in [0.15, 0.2) is 0 Å². The van der Waals surface area contributed by atoms with E-state index >= 15 is 0 Å². The van der Waals surface area contributed by atoms with Crippen molar-refractivity contribution in [3.05, 3.63) is 5.82 Å². The molecule has 1 aromatic rings. The third-order valence-electron chi connectivity index (χ3n) is 2.14. The highest BCUT2D eigenvalue weighted by Crippen LogP contribution is 2.19. The van der Waals surface area contributed by atoms with Gasteiger partial charge in [0.05, 0.1) is 0 Å². The van der Waals surface area contributed by atoms with Crippen LogP contribution < -0.4 is 0 Å². The minimum Gasteiger partial charge on any atom is -0.304 e. The van der Waals surface area contributed by atoms with Gasteiger partial charge in [0.2, 0.25) is 0 Å². The number of rotatable bonds is 3. The summed E-state index contributed by atoms with van der Waals surface area (Å²) in [5.41, 5.74) is 0. The predicted octanol–water partition coefficient (Wildman–Crippen LogP) is 1.26. The van der Waals surface area contributed by atoms with E-state index < -0.39 is 9.05 Å². The smallest absolute Gasteiger partial charge is 0.296 e. The molecule has 0 aromatic carbocycles. The number of hydrogen-bond acceptors (Lipinski definition) is 4. The number of hydrogen-bond donors (Lipinski definition) is 0. The summed E-state index contributed by atoms with van der Waals surface area (Å²) in [5.74, 6) is 0.798. The second-order valence-corrected chi connectivity index (χ2v) is 5.61. The van der Waals surface area contributed by atoms with Crippen molar-refractivity contribution in [2.75, 3.05) is 0 Å². The topological polar surface area (TPSA) is 64.8 Å². The Morgan fingerprint density at radius 1 is 1.50 bits per heavy atom. The molecule has 14 heavy (non-hydrogen) atoms. The molecule has 1 atom stereocenters. The van der Waals surface area contributed by atoms with Crippen LogP contribution in [-0.2, 0) is 16.1 Å². The summed E-state index contributed by atoms with van der Waals surface area (Å²) in [6.45, 7) is 3.95. The average molecular weight is 238 g/mol. The maximum Gasteiger partial charge on any atom is 0.296 e. The Kier molecular flexibility index (Phi) is 3.16. The van der Waals surface area contributed by atoms with Gasteiger partial charge in [0, 0.05) is 23.6 Å². The maximum absolute atomic E-state index is 11.0. The number of nitrogens with zero attached hydrogens (tertiary/aromatic N) is 3. The number of aromatic nitrogens is 3. The fourth-order valence-corrected chi connectivity index (χ4v) is 2.11. The van der Waals surface area contributed by atoms with Crippen LogP contribution in [0.4, 0.5) is 0 Å². The molecule has 0 saturated carbocycles. The lowest BCUT2D eigenvalue weighted by molar-refractivity contribution is 0.582. The summed E-state index contributed by atoms with van der Waals surface area (Å²) in [6, 6.07) is 0. The normalized spacial score (nSPS) is 14.3. The van der Waals surface area contributed by atoms with Crippen LogP contribution in [0.1, 0.15) is 32.0 Å². The van der Waals surface area contributed by atoms with Gasteiger partial charge in [-0.1, -0.05) is 13.8 Å². The molecule has 0 radical (unpaired) electrons. The summed E-state index contributed by atoms with van der Waals surface area (Å²) in [6.07, 6.45) is 0.869. The maximum atomic E-state index is 11.0. The quantitative estimate of drug-likeness (QED) is 0.743. The summed E-state index contributed by atoms with van der Waals surface area (Å²) in [5, 5.41) is 7.15. The zero-order valence-corrected chi connectivity index (χ0v) is 9.80. The summed E-state index contributed by atoms with van der Waals surface area (Å²) < 4.78 is 23.5. The van der Waals surface area contributed by atoms with Crippen molar-refractivity contribution in [1.29, 1.82) is 0 Å². The zero-order chi connectivity index (χ0) is 10.9. The monoisotopic (exact) mass is 237 g/mol. The molecule has 1 unspecified atom stereocenters. The van der Waals surface area contributed by atoms with Crippen LogP contribution in [0.5, 0.6) is 0 Å². The van der Waals surface area contributed by atoms with Gasteiger partial charge in [0.1, 0.15) is 5.82 Å². The molecule has 5 nitrogen and oxygen atoms in total. The molecule has 0 amide bonds. The van der Waals surface area contributed by atoms with Crippen molar-refractivity contribution in [3.63, 3.8) is 0 Å². The van der Waals surface area contributed by atoms with Crippen molar-refractivity contribution in [1.82, 2.24) is 14.8 Å². The Balaban J connectivity index is 3.22. The molecule has 0 N–H and O–H groups in total. The third kappa shape index (κ3) is 2.06. The first-order valence-electron chi connectivity index (χ1n) is 4.21. The van der Waals surface area contributed by atoms with Gasteiger partial charge in [-0.25, -0.2) is 8.42 Å². The van der Waals surface area contributed by atoms with E-state index in [1.165, 1.54) is 4.57 Å². The SMILES string of the molecule is CCC(C)c1nnc(S(=O)(=O)Cl)n1C. The second-order valence-electron chi connectivity index (χ2n) is 3.15. The van der Waals surface area contributed by atoms with E-state index in [2.05, 4.69) is 10.2 Å². The molecule has 0 fully saturated rings. The van der Waals surface area contributed by atoms with Gasteiger partial charge >= 0.3 is 0 Å². The zero-order valence-electron chi connectivity index (χ0n) is 8.23. The van der Waals surface area contributed by atoms with Crippen LogP contribution >= 0.6 is 10.7 Å². The lowest BCUT2D eigenvalue weighted by Gasteiger charge is -2.06. The summed E-state index contributed by atoms with van der Waals surface area (Å²) in [4.78, 5) is 0. The van der Waals surface area contributed by atoms with E-state index in [4.69, 9.17) is 10.7 Å². The summed E-state index contributed by atoms with van der Waals surface area (Å²) >= 11 is 0. The molecule has 0 aliphatic heterocycles. The minimum atomic E-state index is -3.79. The molecule has 0 saturated heterocycles. The second kappa shape index (κ2) is 3.86. The van der Waals surface area contributed by atoms with E-state index in [9.17, 15) is 8.42 Å². The molecule has 1 heterocycles. The largest absolute Gasteiger partial charge is 0.304 e. The Bertz CT molecular complexity index is 426. The van der Waals surface area contributed by atoms with Gasteiger partial charge in [-0.05, 0) is 6.42 Å². The van der Waals surface area contributed by atoms with Crippen LogP contribution in [0.3, 0.4) is 0 Å². The van der Waals surface area contributed by atoms with Crippen molar-refractivity contribution < 1.29 is 8.42 Å². The highest BCUT2D eigenvalue weighted by molar-refractivity contribution is 8.13. The van der Waals surface area contributed by atoms with Crippen LogP contribution in [0, 0.1) is 0 Å². The Hall–Kier alpha value is -0.620. The minimum absolute atomic E-state index is 0.166. The lowest BCUT2D eigenvalue weighted by Crippen LogP contribution is -2.06. The van der Waals surface area contributed by atoms with Crippen LogP contribution in [0.15, 0.2) is 5.16 Å². The molecular formula is C7H12ClN3O2S. The standard InChI is InChI=1S/C7H12ClN3O2S/c1-4-5(2)6-9-10-7(11(6)3)14(8,12)13/h5H,4H2,1-3H3. The predicted molar refractivity (Wildman–Crippen MR) is 52.7 cm³/mol. The van der Waals surface area contributed by atoms with Gasteiger partial charge in [0.25, 0.3) is 14.2 Å². The molecule has 1 rings (SSSR count). The first kappa shape index (κ1) is 11.5. The average Bonchev–Trinajstić information content (AvgIpc) is 2.45. The van der Waals surface area contributed by atoms with Crippen molar-refractivity contribution >= 4 is 19.7 Å². The van der Waals surface area contributed by atoms with Gasteiger partial charge < -0.3 is 4.57 Å². The molecule has 0 aliphatic carbocycles. The fraction of sp³-hybridized carbons (Fsp3) is 0.714. The van der Waals surface area contributed by atoms with Crippen molar-refractivity contribution in [2.24, 2.45) is 7.05 Å². The number of halogens is 1. The summed E-state index contributed by atoms with van der Waals surface area (Å²) in [7, 11) is 2.98. The highest BCUT2D eigenvalue weighted by Gasteiger charge is 2.22. The Labute approximate surface area is 87.5 Å². The van der Waals surface area contributed by atoms with Crippen molar-refractivity contribution in [3.8, 4) is 0 Å². The molecular weight excluding hydrogens is 226 g/mol. The molecule has 80 valence electrons. The van der Waals surface area contributed by atoms with E-state index in [-0.39, 0.29) is 11.1 Å². The van der Waals surface area contributed by atoms with E-state index in [0.717, 1.165) is 6.42 Å². The van der Waals surface area contributed by atoms with Gasteiger partial charge in [-0.2, -0.15) is 0 Å². The lowest BCUT2D eigenvalue weighted by atomic mass is 10.1. The van der Waals surface area contributed by atoms with E-state index in [1.54, 1.807) is 7.05 Å². The van der Waals surface area contributed by atoms with E-state index in [1.807, 2.05) is 13.8 Å². The molecule has 7 heteroatoms. The van der Waals surface area contributed by atoms with E-state index in [0.29, 0.717) is 5.82 Å².